The molecule has 1 aliphatic rings. The van der Waals surface area contributed by atoms with Crippen LogP contribution in [0.1, 0.15) is 25.0 Å². The van der Waals surface area contributed by atoms with Gasteiger partial charge in [-0.25, -0.2) is 4.98 Å². The van der Waals surface area contributed by atoms with Crippen LogP contribution in [0.2, 0.25) is 0 Å². The second kappa shape index (κ2) is 8.28. The standard InChI is InChI=1S/C30H22NO.Pt/c1-30(2)25-16-10-9-15-23(25)24-19-22(17-18-26(24)30)27-28(20-11-5-3-6-12-20)32-29(31-27)21-13-7-4-8-14-21;/h3-18H,1-2H3;/q-1;. The normalized spacial score (nSPS) is 13.2. The van der Waals surface area contributed by atoms with Crippen molar-refractivity contribution in [2.45, 2.75) is 19.3 Å². The second-order valence-electron chi connectivity index (χ2n) is 8.76. The number of fused-ring (bicyclic) bond motifs is 3. The van der Waals surface area contributed by atoms with Crippen molar-refractivity contribution in [3.8, 4) is 45.2 Å². The summed E-state index contributed by atoms with van der Waals surface area (Å²) in [6.07, 6.45) is 0. The van der Waals surface area contributed by atoms with Crippen LogP contribution in [0.4, 0.5) is 0 Å². The average molecular weight is 608 g/mol. The SMILES string of the molecule is CC1(C)c2ccc(-c3nc(-c4ccccc4)oc3-c3ccccc3)[c-]c2-c2ccccc21.[Pt]. The molecule has 164 valence electrons. The van der Waals surface area contributed by atoms with Gasteiger partial charge in [-0.15, -0.1) is 29.3 Å². The van der Waals surface area contributed by atoms with Gasteiger partial charge in [-0.1, -0.05) is 103 Å². The van der Waals surface area contributed by atoms with Gasteiger partial charge >= 0.3 is 0 Å². The van der Waals surface area contributed by atoms with Gasteiger partial charge in [-0.05, 0) is 17.5 Å². The van der Waals surface area contributed by atoms with Gasteiger partial charge in [0.25, 0.3) is 0 Å². The van der Waals surface area contributed by atoms with Crippen LogP contribution in [0.3, 0.4) is 0 Å². The molecule has 0 atom stereocenters. The fourth-order valence-electron chi connectivity index (χ4n) is 4.75. The number of hydrogen-bond donors (Lipinski definition) is 0. The van der Waals surface area contributed by atoms with Crippen LogP contribution in [0.15, 0.2) is 101 Å². The molecule has 0 N–H and O–H groups in total. The van der Waals surface area contributed by atoms with Crippen molar-refractivity contribution in [2.24, 2.45) is 0 Å². The van der Waals surface area contributed by atoms with E-state index in [1.807, 2.05) is 48.5 Å². The molecule has 1 heterocycles. The minimum atomic E-state index is -0.0394. The van der Waals surface area contributed by atoms with Gasteiger partial charge in [0.1, 0.15) is 5.76 Å². The molecular weight excluding hydrogens is 585 g/mol. The Morgan fingerprint density at radius 2 is 1.33 bits per heavy atom. The van der Waals surface area contributed by atoms with Crippen molar-refractivity contribution < 1.29 is 25.5 Å². The van der Waals surface area contributed by atoms with Crippen LogP contribution in [-0.2, 0) is 26.5 Å². The Labute approximate surface area is 208 Å². The summed E-state index contributed by atoms with van der Waals surface area (Å²) in [5, 5.41) is 0. The molecule has 1 aliphatic carbocycles. The quantitative estimate of drug-likeness (QED) is 0.196. The predicted octanol–water partition coefficient (Wildman–Crippen LogP) is 7.78. The van der Waals surface area contributed by atoms with Gasteiger partial charge in [0.2, 0.25) is 5.89 Å². The second-order valence-corrected chi connectivity index (χ2v) is 8.76. The van der Waals surface area contributed by atoms with Crippen molar-refractivity contribution in [3.05, 3.63) is 114 Å². The Hall–Kier alpha value is -3.22. The number of benzene rings is 4. The van der Waals surface area contributed by atoms with Gasteiger partial charge in [0.15, 0.2) is 0 Å². The van der Waals surface area contributed by atoms with Crippen molar-refractivity contribution in [3.63, 3.8) is 0 Å². The molecule has 0 fully saturated rings. The Balaban J connectivity index is 0.00000228. The van der Waals surface area contributed by atoms with Crippen molar-refractivity contribution in [2.75, 3.05) is 0 Å². The van der Waals surface area contributed by atoms with Crippen LogP contribution in [0.25, 0.3) is 45.2 Å². The predicted molar refractivity (Wildman–Crippen MR) is 129 cm³/mol. The van der Waals surface area contributed by atoms with Gasteiger partial charge in [-0.2, -0.15) is 0 Å². The first-order valence-corrected chi connectivity index (χ1v) is 10.9. The Morgan fingerprint density at radius 1 is 0.697 bits per heavy atom. The summed E-state index contributed by atoms with van der Waals surface area (Å²) in [5.41, 5.74) is 8.75. The van der Waals surface area contributed by atoms with Crippen LogP contribution < -0.4 is 0 Å². The van der Waals surface area contributed by atoms with E-state index in [1.54, 1.807) is 0 Å². The number of aromatic nitrogens is 1. The molecule has 1 aromatic heterocycles. The molecule has 4 aromatic carbocycles. The summed E-state index contributed by atoms with van der Waals surface area (Å²) in [6.45, 7) is 4.56. The van der Waals surface area contributed by atoms with Gasteiger partial charge in [0.05, 0.1) is 5.69 Å². The smallest absolute Gasteiger partial charge is 0.218 e. The number of nitrogens with zero attached hydrogens (tertiary/aromatic N) is 1. The number of rotatable bonds is 3. The van der Waals surface area contributed by atoms with E-state index in [-0.39, 0.29) is 26.5 Å². The molecule has 0 spiro atoms. The van der Waals surface area contributed by atoms with Crippen molar-refractivity contribution >= 4 is 0 Å². The van der Waals surface area contributed by atoms with Gasteiger partial charge < -0.3 is 4.42 Å². The van der Waals surface area contributed by atoms with E-state index in [0.717, 1.165) is 33.7 Å². The van der Waals surface area contributed by atoms with Crippen LogP contribution >= 0.6 is 0 Å². The maximum Gasteiger partial charge on any atom is 0.218 e. The van der Waals surface area contributed by atoms with Crippen LogP contribution in [0.5, 0.6) is 0 Å². The minimum Gasteiger partial charge on any atom is -0.444 e. The summed E-state index contributed by atoms with van der Waals surface area (Å²) < 4.78 is 6.34. The van der Waals surface area contributed by atoms with E-state index in [2.05, 4.69) is 68.4 Å². The Kier molecular flexibility index (Phi) is 5.43. The van der Waals surface area contributed by atoms with Crippen LogP contribution in [0, 0.1) is 6.07 Å². The zero-order valence-corrected chi connectivity index (χ0v) is 20.7. The molecule has 0 bridgehead atoms. The van der Waals surface area contributed by atoms with E-state index in [9.17, 15) is 0 Å². The van der Waals surface area contributed by atoms with Gasteiger partial charge in [0, 0.05) is 32.2 Å². The maximum absolute atomic E-state index is 6.34. The largest absolute Gasteiger partial charge is 0.444 e. The monoisotopic (exact) mass is 607 g/mol. The molecule has 6 rings (SSSR count). The molecule has 0 saturated carbocycles. The zero-order chi connectivity index (χ0) is 21.7. The van der Waals surface area contributed by atoms with Gasteiger partial charge in [-0.3, -0.25) is 0 Å². The van der Waals surface area contributed by atoms with E-state index in [4.69, 9.17) is 9.40 Å². The minimum absolute atomic E-state index is 0. The maximum atomic E-state index is 6.34. The molecule has 3 heteroatoms. The Bertz CT molecular complexity index is 1440. The molecule has 0 radical (unpaired) electrons. The van der Waals surface area contributed by atoms with Crippen molar-refractivity contribution in [1.29, 1.82) is 0 Å². The van der Waals surface area contributed by atoms with E-state index in [0.29, 0.717) is 5.89 Å². The molecule has 2 nitrogen and oxygen atoms in total. The molecule has 5 aromatic rings. The number of oxazole rings is 1. The molecule has 0 saturated heterocycles. The molecule has 0 aliphatic heterocycles. The summed E-state index contributed by atoms with van der Waals surface area (Å²) in [6, 6.07) is 36.9. The number of hydrogen-bond acceptors (Lipinski definition) is 2. The Morgan fingerprint density at radius 3 is 2.06 bits per heavy atom. The first-order chi connectivity index (χ1) is 15.6. The average Bonchev–Trinajstić information content (AvgIpc) is 3.39. The third-order valence-electron chi connectivity index (χ3n) is 6.43. The summed E-state index contributed by atoms with van der Waals surface area (Å²) >= 11 is 0. The van der Waals surface area contributed by atoms with Crippen molar-refractivity contribution in [1.82, 2.24) is 4.98 Å². The summed E-state index contributed by atoms with van der Waals surface area (Å²) in [5.74, 6) is 1.39. The van der Waals surface area contributed by atoms with E-state index < -0.39 is 0 Å². The molecule has 0 amide bonds. The third-order valence-corrected chi connectivity index (χ3v) is 6.43. The summed E-state index contributed by atoms with van der Waals surface area (Å²) in [7, 11) is 0. The first-order valence-electron chi connectivity index (χ1n) is 10.9. The molecule has 0 unspecified atom stereocenters. The molecule has 33 heavy (non-hydrogen) atoms. The topological polar surface area (TPSA) is 26.0 Å². The van der Waals surface area contributed by atoms with Crippen LogP contribution in [-0.4, -0.2) is 4.98 Å². The fraction of sp³-hybridized carbons (Fsp3) is 0.100. The third kappa shape index (κ3) is 3.50. The van der Waals surface area contributed by atoms with E-state index in [1.165, 1.54) is 16.7 Å². The van der Waals surface area contributed by atoms with E-state index >= 15 is 0 Å². The summed E-state index contributed by atoms with van der Waals surface area (Å²) in [4.78, 5) is 4.95. The molecular formula is C30H22NOPt-. The fourth-order valence-corrected chi connectivity index (χ4v) is 4.75. The first kappa shape index (κ1) is 21.6. The zero-order valence-electron chi connectivity index (χ0n) is 18.4.